The van der Waals surface area contributed by atoms with Crippen molar-refractivity contribution >= 4 is 28.2 Å². The van der Waals surface area contributed by atoms with Crippen molar-refractivity contribution in [2.24, 2.45) is 0 Å². The Morgan fingerprint density at radius 1 is 1.10 bits per heavy atom. The molecule has 0 saturated carbocycles. The van der Waals surface area contributed by atoms with E-state index in [1.807, 2.05) is 30.3 Å². The Hall–Kier alpha value is -4.20. The van der Waals surface area contributed by atoms with E-state index >= 15 is 0 Å². The maximum absolute atomic E-state index is 12.7. The minimum Gasteiger partial charge on any atom is -0.496 e. The fourth-order valence-corrected chi connectivity index (χ4v) is 2.97. The number of anilines is 1. The molecule has 0 atom stereocenters. The molecule has 4 aromatic rings. The van der Waals surface area contributed by atoms with E-state index in [2.05, 4.69) is 10.5 Å². The molecule has 1 aromatic heterocycles. The molecule has 1 amide bonds. The number of aromatic nitrogens is 1. The zero-order chi connectivity index (χ0) is 20.4. The molecule has 4 rings (SSSR count). The van der Waals surface area contributed by atoms with E-state index in [9.17, 15) is 14.9 Å². The number of nitrogens with zero attached hydrogens (tertiary/aromatic N) is 2. The van der Waals surface area contributed by atoms with Crippen molar-refractivity contribution in [3.63, 3.8) is 0 Å². The average Bonchev–Trinajstić information content (AvgIpc) is 3.17. The topological polar surface area (TPSA) is 108 Å². The van der Waals surface area contributed by atoms with E-state index in [4.69, 9.17) is 9.26 Å². The number of benzene rings is 3. The first-order valence-corrected chi connectivity index (χ1v) is 8.65. The summed E-state index contributed by atoms with van der Waals surface area (Å²) in [5, 5.41) is 18.6. The Labute approximate surface area is 164 Å². The first-order valence-electron chi connectivity index (χ1n) is 8.65. The Morgan fingerprint density at radius 3 is 2.62 bits per heavy atom. The molecule has 0 radical (unpaired) electrons. The van der Waals surface area contributed by atoms with Crippen LogP contribution in [0.4, 0.5) is 11.4 Å². The van der Waals surface area contributed by atoms with Crippen LogP contribution in [0.1, 0.15) is 10.4 Å². The minimum absolute atomic E-state index is 0.0782. The second kappa shape index (κ2) is 7.43. The highest BCUT2D eigenvalue weighted by atomic mass is 16.6. The number of hydrogen-bond donors (Lipinski definition) is 1. The highest BCUT2D eigenvalue weighted by Crippen LogP contribution is 2.31. The lowest BCUT2D eigenvalue weighted by molar-refractivity contribution is -0.384. The van der Waals surface area contributed by atoms with Crippen LogP contribution >= 0.6 is 0 Å². The monoisotopic (exact) mass is 389 g/mol. The van der Waals surface area contributed by atoms with Gasteiger partial charge in [0.1, 0.15) is 17.0 Å². The van der Waals surface area contributed by atoms with E-state index in [0.29, 0.717) is 28.0 Å². The van der Waals surface area contributed by atoms with Gasteiger partial charge in [0.25, 0.3) is 11.6 Å². The third kappa shape index (κ3) is 3.51. The molecule has 1 heterocycles. The molecule has 0 saturated heterocycles. The van der Waals surface area contributed by atoms with Crippen molar-refractivity contribution in [1.82, 2.24) is 5.16 Å². The summed E-state index contributed by atoms with van der Waals surface area (Å²) in [6.07, 6.45) is 0. The van der Waals surface area contributed by atoms with Gasteiger partial charge in [-0.1, -0.05) is 35.5 Å². The summed E-state index contributed by atoms with van der Waals surface area (Å²) in [4.78, 5) is 23.5. The van der Waals surface area contributed by atoms with Crippen LogP contribution in [0.3, 0.4) is 0 Å². The quantitative estimate of drug-likeness (QED) is 0.393. The van der Waals surface area contributed by atoms with Crippen molar-refractivity contribution < 1.29 is 19.0 Å². The molecule has 0 aliphatic heterocycles. The Bertz CT molecular complexity index is 1220. The van der Waals surface area contributed by atoms with Crippen LogP contribution < -0.4 is 10.1 Å². The maximum Gasteiger partial charge on any atom is 0.296 e. The van der Waals surface area contributed by atoms with Gasteiger partial charge in [-0.2, -0.15) is 0 Å². The van der Waals surface area contributed by atoms with Gasteiger partial charge in [-0.3, -0.25) is 14.9 Å². The third-order valence-electron chi connectivity index (χ3n) is 4.42. The number of fused-ring (bicyclic) bond motifs is 1. The summed E-state index contributed by atoms with van der Waals surface area (Å²) in [6, 6.07) is 18.6. The minimum atomic E-state index is -0.575. The highest BCUT2D eigenvalue weighted by molar-refractivity contribution is 6.08. The second-order valence-corrected chi connectivity index (χ2v) is 6.20. The van der Waals surface area contributed by atoms with Crippen LogP contribution in [0.5, 0.6) is 5.75 Å². The number of nitrogens with one attached hydrogen (secondary N) is 1. The first kappa shape index (κ1) is 18.2. The van der Waals surface area contributed by atoms with Crippen LogP contribution in [-0.4, -0.2) is 23.1 Å². The van der Waals surface area contributed by atoms with Crippen molar-refractivity contribution in [2.45, 2.75) is 0 Å². The van der Waals surface area contributed by atoms with Crippen molar-refractivity contribution in [1.29, 1.82) is 0 Å². The van der Waals surface area contributed by atoms with Gasteiger partial charge < -0.3 is 14.6 Å². The normalized spacial score (nSPS) is 10.7. The van der Waals surface area contributed by atoms with Crippen LogP contribution in [0.25, 0.3) is 22.2 Å². The average molecular weight is 389 g/mol. The fourth-order valence-electron chi connectivity index (χ4n) is 2.97. The fraction of sp³-hybridized carbons (Fsp3) is 0.0476. The van der Waals surface area contributed by atoms with Crippen molar-refractivity contribution in [2.75, 3.05) is 12.4 Å². The summed E-state index contributed by atoms with van der Waals surface area (Å²) in [7, 11) is 1.41. The number of methoxy groups -OCH3 is 1. The number of nitro benzene ring substituents is 1. The molecule has 0 aliphatic carbocycles. The number of amides is 1. The molecule has 0 fully saturated rings. The molecular weight excluding hydrogens is 374 g/mol. The molecule has 144 valence electrons. The molecule has 0 unspecified atom stereocenters. The molecule has 8 heteroatoms. The smallest absolute Gasteiger partial charge is 0.296 e. The van der Waals surface area contributed by atoms with E-state index in [-0.39, 0.29) is 11.4 Å². The number of carbonyl (C=O) groups excluding carboxylic acids is 1. The van der Waals surface area contributed by atoms with Gasteiger partial charge in [-0.25, -0.2) is 0 Å². The number of nitro groups is 1. The largest absolute Gasteiger partial charge is 0.496 e. The van der Waals surface area contributed by atoms with E-state index in [1.165, 1.54) is 19.2 Å². The zero-order valence-corrected chi connectivity index (χ0v) is 15.3. The predicted molar refractivity (Wildman–Crippen MR) is 107 cm³/mol. The van der Waals surface area contributed by atoms with E-state index in [0.717, 1.165) is 5.56 Å². The molecule has 8 nitrogen and oxygen atoms in total. The molecular formula is C21H15N3O5. The van der Waals surface area contributed by atoms with Gasteiger partial charge in [0.15, 0.2) is 5.76 Å². The third-order valence-corrected chi connectivity index (χ3v) is 4.42. The van der Waals surface area contributed by atoms with Crippen molar-refractivity contribution in [3.8, 4) is 17.1 Å². The summed E-state index contributed by atoms with van der Waals surface area (Å²) in [5.41, 5.74) is 1.58. The van der Waals surface area contributed by atoms with Gasteiger partial charge in [-0.05, 0) is 30.3 Å². The Balaban J connectivity index is 1.69. The van der Waals surface area contributed by atoms with Crippen LogP contribution in [-0.2, 0) is 0 Å². The van der Waals surface area contributed by atoms with Crippen LogP contribution in [0.15, 0.2) is 71.3 Å². The molecule has 29 heavy (non-hydrogen) atoms. The lowest BCUT2D eigenvalue weighted by atomic mass is 10.1. The van der Waals surface area contributed by atoms with Crippen LogP contribution in [0, 0.1) is 10.1 Å². The summed E-state index contributed by atoms with van der Waals surface area (Å²) < 4.78 is 10.5. The van der Waals surface area contributed by atoms with Crippen molar-refractivity contribution in [3.05, 3.63) is 82.4 Å². The van der Waals surface area contributed by atoms with Gasteiger partial charge in [0, 0.05) is 11.1 Å². The molecule has 3 aromatic carbocycles. The maximum atomic E-state index is 12.7. The predicted octanol–water partition coefficient (Wildman–Crippen LogP) is 4.66. The Morgan fingerprint density at radius 2 is 1.90 bits per heavy atom. The molecule has 0 bridgehead atoms. The number of hydrogen-bond acceptors (Lipinski definition) is 6. The van der Waals surface area contributed by atoms with Gasteiger partial charge in [-0.15, -0.1) is 0 Å². The number of carbonyl (C=O) groups is 1. The zero-order valence-electron chi connectivity index (χ0n) is 15.3. The van der Waals surface area contributed by atoms with Crippen LogP contribution in [0.2, 0.25) is 0 Å². The SMILES string of the molecule is COc1ccc(NC(=O)c2ccc3noc(-c4ccccc4)c3c2)c([N+](=O)[O-])c1. The summed E-state index contributed by atoms with van der Waals surface area (Å²) >= 11 is 0. The molecule has 0 spiro atoms. The Kier molecular flexibility index (Phi) is 4.66. The van der Waals surface area contributed by atoms with Gasteiger partial charge in [0.05, 0.1) is 23.5 Å². The lowest BCUT2D eigenvalue weighted by Gasteiger charge is -2.08. The number of rotatable bonds is 5. The van der Waals surface area contributed by atoms with E-state index in [1.54, 1.807) is 24.3 Å². The van der Waals surface area contributed by atoms with Gasteiger partial charge >= 0.3 is 0 Å². The molecule has 0 aliphatic rings. The summed E-state index contributed by atoms with van der Waals surface area (Å²) in [6.45, 7) is 0. The van der Waals surface area contributed by atoms with E-state index < -0.39 is 10.8 Å². The second-order valence-electron chi connectivity index (χ2n) is 6.20. The summed E-state index contributed by atoms with van der Waals surface area (Å²) in [5.74, 6) is 0.388. The van der Waals surface area contributed by atoms with Gasteiger partial charge in [0.2, 0.25) is 0 Å². The standard InChI is InChI=1S/C21H15N3O5/c1-28-15-8-10-18(19(12-15)24(26)27)22-21(25)14-7-9-17-16(11-14)20(29-23-17)13-5-3-2-4-6-13/h2-12H,1H3,(H,22,25). The lowest BCUT2D eigenvalue weighted by Crippen LogP contribution is -2.13. The first-order chi connectivity index (χ1) is 14.1. The molecule has 1 N–H and O–H groups in total. The highest BCUT2D eigenvalue weighted by Gasteiger charge is 2.19. The number of ether oxygens (including phenoxy) is 1.